The number of methoxy groups -OCH3 is 2. The highest BCUT2D eigenvalue weighted by atomic mass is 16.6. The number of amides is 3. The number of carbonyl (C=O) groups excluding carboxylic acids is 6. The first-order chi connectivity index (χ1) is 19.4. The summed E-state index contributed by atoms with van der Waals surface area (Å²) in [6, 6.07) is -0.408. The molecule has 4 heterocycles. The number of hydrogen-bond acceptors (Lipinski definition) is 10. The molecule has 4 rings (SSSR count). The van der Waals surface area contributed by atoms with Crippen LogP contribution in [0.5, 0.6) is 0 Å². The minimum atomic E-state index is -0.869. The molecule has 0 aromatic rings. The third-order valence-electron chi connectivity index (χ3n) is 7.19. The Labute approximate surface area is 254 Å². The number of Topliss-reactive ketones (excluding diaryl/α,β-unsaturated/α-hetero) is 2. The lowest BCUT2D eigenvalue weighted by atomic mass is 9.89. The third kappa shape index (κ3) is 10.2. The molecule has 4 aliphatic heterocycles. The maximum atomic E-state index is 12.3. The zero-order valence-corrected chi connectivity index (χ0v) is 25.8. The summed E-state index contributed by atoms with van der Waals surface area (Å²) in [6.07, 6.45) is 2.89. The minimum absolute atomic E-state index is 0. The molecule has 3 amide bonds. The van der Waals surface area contributed by atoms with Gasteiger partial charge in [-0.1, -0.05) is 7.43 Å². The van der Waals surface area contributed by atoms with E-state index in [1.54, 1.807) is 30.6 Å². The van der Waals surface area contributed by atoms with Crippen molar-refractivity contribution in [3.8, 4) is 0 Å². The summed E-state index contributed by atoms with van der Waals surface area (Å²) in [5.74, 6) is -1.28. The van der Waals surface area contributed by atoms with Crippen molar-refractivity contribution in [2.24, 2.45) is 5.92 Å². The number of nitrogens with zero attached hydrogens (tertiary/aromatic N) is 3. The fourth-order valence-electron chi connectivity index (χ4n) is 5.66. The predicted octanol–water partition coefficient (Wildman–Crippen LogP) is 4.94. The van der Waals surface area contributed by atoms with Crippen molar-refractivity contribution in [3.05, 3.63) is 11.4 Å². The van der Waals surface area contributed by atoms with Gasteiger partial charge in [0.1, 0.15) is 29.5 Å². The molecule has 242 valence electrons. The molecule has 5 unspecified atom stereocenters. The Bertz CT molecular complexity index is 1080. The highest BCUT2D eigenvalue weighted by Gasteiger charge is 2.53. The van der Waals surface area contributed by atoms with Gasteiger partial charge in [0.05, 0.1) is 20.3 Å². The number of hydrogen-bond donors (Lipinski definition) is 0. The summed E-state index contributed by atoms with van der Waals surface area (Å²) >= 11 is 0. The van der Waals surface area contributed by atoms with E-state index in [-0.39, 0.29) is 49.6 Å². The lowest BCUT2D eigenvalue weighted by Gasteiger charge is -2.38. The lowest BCUT2D eigenvalue weighted by molar-refractivity contribution is -0.154. The van der Waals surface area contributed by atoms with E-state index in [0.29, 0.717) is 19.3 Å². The Kier molecular flexibility index (Phi) is 13.2. The third-order valence-corrected chi connectivity index (χ3v) is 7.19. The van der Waals surface area contributed by atoms with Crippen LogP contribution in [0.25, 0.3) is 4.85 Å². The smallest absolute Gasteiger partial charge is 0.488 e. The van der Waals surface area contributed by atoms with Gasteiger partial charge in [-0.15, -0.1) is 0 Å². The van der Waals surface area contributed by atoms with Gasteiger partial charge in [-0.2, -0.15) is 4.85 Å². The van der Waals surface area contributed by atoms with Gasteiger partial charge in [-0.25, -0.2) is 9.59 Å². The summed E-state index contributed by atoms with van der Waals surface area (Å²) in [5, 5.41) is 0. The molecule has 13 nitrogen and oxygen atoms in total. The molecule has 0 N–H and O–H groups in total. The van der Waals surface area contributed by atoms with Gasteiger partial charge < -0.3 is 28.7 Å². The van der Waals surface area contributed by atoms with E-state index in [1.165, 1.54) is 14.2 Å². The molecular formula is C30H47N3O10. The Morgan fingerprint density at radius 2 is 1.19 bits per heavy atom. The summed E-state index contributed by atoms with van der Waals surface area (Å²) in [7, 11) is 2.43. The van der Waals surface area contributed by atoms with E-state index in [1.807, 2.05) is 20.8 Å². The average molecular weight is 610 g/mol. The monoisotopic (exact) mass is 609 g/mol. The van der Waals surface area contributed by atoms with Gasteiger partial charge in [0.25, 0.3) is 0 Å². The number of ether oxygens (including phenoxy) is 4. The molecule has 4 bridgehead atoms. The second-order valence-corrected chi connectivity index (χ2v) is 12.7. The maximum absolute atomic E-state index is 12.3. The van der Waals surface area contributed by atoms with E-state index < -0.39 is 41.3 Å². The maximum Gasteiger partial charge on any atom is 0.561 e. The molecule has 0 aromatic heterocycles. The number of esters is 1. The van der Waals surface area contributed by atoms with Gasteiger partial charge in [0.15, 0.2) is 5.78 Å². The second-order valence-electron chi connectivity index (χ2n) is 12.7. The molecule has 43 heavy (non-hydrogen) atoms. The van der Waals surface area contributed by atoms with Gasteiger partial charge in [0, 0.05) is 37.4 Å². The molecule has 4 fully saturated rings. The van der Waals surface area contributed by atoms with Crippen molar-refractivity contribution < 1.29 is 47.7 Å². The van der Waals surface area contributed by atoms with Crippen LogP contribution in [0, 0.1) is 12.5 Å². The summed E-state index contributed by atoms with van der Waals surface area (Å²) < 4.78 is 19.4. The Morgan fingerprint density at radius 1 is 0.744 bits per heavy atom. The Hall–Kier alpha value is -3.69. The van der Waals surface area contributed by atoms with E-state index >= 15 is 0 Å². The number of rotatable bonds is 1. The normalized spacial score (nSPS) is 25.4. The van der Waals surface area contributed by atoms with Crippen molar-refractivity contribution >= 4 is 35.8 Å². The van der Waals surface area contributed by atoms with E-state index in [9.17, 15) is 28.8 Å². The van der Waals surface area contributed by atoms with Crippen LogP contribution < -0.4 is 0 Å². The SMILES string of the molecule is C.CC(C)(C)OC(=O)N1C2CCC1CC(=O)C2.COC(=O)C1C(=O)CC2CCC1N2C(=O)OC(C)(C)C.[C-]#[N+]C(=O)OC. The molecule has 0 aromatic carbocycles. The van der Waals surface area contributed by atoms with Crippen LogP contribution in [0.1, 0.15) is 93.9 Å². The molecule has 0 aliphatic carbocycles. The first kappa shape index (κ1) is 37.3. The molecular weight excluding hydrogens is 562 g/mol. The standard InChI is InChI=1S/C14H21NO5.C12H19NO3.C3H3NO2.CH4/c1-14(2,3)20-13(18)15-8-5-6-9(15)11(10(16)7-8)12(17)19-4;1-12(2,3)16-11(15)13-8-4-5-9(13)7-10(14)6-8;1-4-3(5)6-2;/h8-9,11H,5-7H2,1-4H3;8-9H,4-7H2,1-3H3;2H3;1H4. The van der Waals surface area contributed by atoms with Crippen LogP contribution in [0.2, 0.25) is 0 Å². The zero-order chi connectivity index (χ0) is 32.0. The van der Waals surface area contributed by atoms with Crippen LogP contribution >= 0.6 is 0 Å². The van der Waals surface area contributed by atoms with Gasteiger partial charge in [0.2, 0.25) is 0 Å². The van der Waals surface area contributed by atoms with Gasteiger partial charge in [-0.05, 0) is 67.2 Å². The molecule has 0 saturated carbocycles. The number of carbonyl (C=O) groups is 6. The second kappa shape index (κ2) is 15.2. The van der Waals surface area contributed by atoms with Crippen LogP contribution in [-0.4, -0.2) is 95.2 Å². The molecule has 4 saturated heterocycles. The molecule has 0 radical (unpaired) electrons. The van der Waals surface area contributed by atoms with E-state index in [4.69, 9.17) is 20.8 Å². The first-order valence-corrected chi connectivity index (χ1v) is 14.0. The minimum Gasteiger partial charge on any atom is -0.488 e. The van der Waals surface area contributed by atoms with Crippen LogP contribution in [0.4, 0.5) is 14.4 Å². The van der Waals surface area contributed by atoms with Crippen molar-refractivity contribution in [1.82, 2.24) is 9.80 Å². The van der Waals surface area contributed by atoms with Crippen LogP contribution in [-0.2, 0) is 33.3 Å². The number of piperidine rings is 2. The fraction of sp³-hybridized carbons (Fsp3) is 0.767. The fourth-order valence-corrected chi connectivity index (χ4v) is 5.66. The van der Waals surface area contributed by atoms with Crippen LogP contribution in [0.15, 0.2) is 0 Å². The summed E-state index contributed by atoms with van der Waals surface area (Å²) in [5.41, 5.74) is -1.06. The topological polar surface area (TPSA) is 150 Å². The molecule has 0 spiro atoms. The summed E-state index contributed by atoms with van der Waals surface area (Å²) in [6.45, 7) is 16.9. The average Bonchev–Trinajstić information content (AvgIpc) is 3.34. The predicted molar refractivity (Wildman–Crippen MR) is 155 cm³/mol. The highest BCUT2D eigenvalue weighted by Crippen LogP contribution is 2.39. The van der Waals surface area contributed by atoms with Crippen molar-refractivity contribution in [2.45, 2.75) is 129 Å². The summed E-state index contributed by atoms with van der Waals surface area (Å²) in [4.78, 5) is 74.8. The van der Waals surface area contributed by atoms with Gasteiger partial charge in [-0.3, -0.25) is 19.2 Å². The highest BCUT2D eigenvalue weighted by molar-refractivity contribution is 6.01. The van der Waals surface area contributed by atoms with Crippen LogP contribution in [0.3, 0.4) is 0 Å². The van der Waals surface area contributed by atoms with Gasteiger partial charge >= 0.3 is 24.2 Å². The van der Waals surface area contributed by atoms with Crippen molar-refractivity contribution in [3.63, 3.8) is 0 Å². The molecule has 13 heteroatoms. The molecule has 4 aliphatic rings. The van der Waals surface area contributed by atoms with Crippen molar-refractivity contribution in [1.29, 1.82) is 0 Å². The Balaban J connectivity index is 0.000000361. The largest absolute Gasteiger partial charge is 0.561 e. The first-order valence-electron chi connectivity index (χ1n) is 14.0. The number of ketones is 2. The number of fused-ring (bicyclic) bond motifs is 4. The lowest BCUT2D eigenvalue weighted by Crippen LogP contribution is -2.55. The Morgan fingerprint density at radius 3 is 1.58 bits per heavy atom. The van der Waals surface area contributed by atoms with E-state index in [0.717, 1.165) is 19.3 Å². The van der Waals surface area contributed by atoms with E-state index in [2.05, 4.69) is 9.58 Å². The quantitative estimate of drug-likeness (QED) is 0.173. The van der Waals surface area contributed by atoms with Crippen molar-refractivity contribution in [2.75, 3.05) is 14.2 Å². The zero-order valence-electron chi connectivity index (χ0n) is 25.8. The molecule has 5 atom stereocenters.